The van der Waals surface area contributed by atoms with Crippen LogP contribution in [0.4, 0.5) is 4.39 Å². The Balaban J connectivity index is 2.21. The number of carbonyl (C=O) groups excluding carboxylic acids is 1. The van der Waals surface area contributed by atoms with Gasteiger partial charge in [-0.05, 0) is 18.2 Å². The highest BCUT2D eigenvalue weighted by Gasteiger charge is 2.22. The molecule has 1 atom stereocenters. The lowest BCUT2D eigenvalue weighted by molar-refractivity contribution is -0.133. The monoisotopic (exact) mass is 229 g/mol. The normalized spacial score (nSPS) is 21.2. The third kappa shape index (κ3) is 2.27. The number of hydrogen-bond acceptors (Lipinski definition) is 2. The highest BCUT2D eigenvalue weighted by molar-refractivity contribution is 6.31. The number of carbonyl (C=O) groups is 1. The van der Waals surface area contributed by atoms with Crippen LogP contribution in [-0.2, 0) is 9.53 Å². The van der Waals surface area contributed by atoms with Crippen molar-refractivity contribution < 1.29 is 13.9 Å². The minimum absolute atomic E-state index is 0.0164. The smallest absolute Gasteiger partial charge is 0.246 e. The standard InChI is InChI=1S/C10H9ClFNO2/c11-8-2-1-6(12)3-7(8)9-4-13-10(14)5-15-9/h1-3,9H,4-5H2,(H,13,14). The number of morpholine rings is 1. The summed E-state index contributed by atoms with van der Waals surface area (Å²) in [4.78, 5) is 10.8. The molecule has 2 rings (SSSR count). The molecule has 1 aliphatic rings. The summed E-state index contributed by atoms with van der Waals surface area (Å²) < 4.78 is 18.2. The Hall–Kier alpha value is -1.13. The van der Waals surface area contributed by atoms with E-state index >= 15 is 0 Å². The van der Waals surface area contributed by atoms with Crippen LogP contribution in [0.1, 0.15) is 11.7 Å². The molecule has 15 heavy (non-hydrogen) atoms. The molecule has 3 nitrogen and oxygen atoms in total. The molecular formula is C10H9ClFNO2. The van der Waals surface area contributed by atoms with E-state index in [-0.39, 0.29) is 24.4 Å². The van der Waals surface area contributed by atoms with E-state index in [9.17, 15) is 9.18 Å². The van der Waals surface area contributed by atoms with E-state index in [1.807, 2.05) is 0 Å². The van der Waals surface area contributed by atoms with Gasteiger partial charge in [0.1, 0.15) is 18.5 Å². The van der Waals surface area contributed by atoms with Crippen molar-refractivity contribution in [3.8, 4) is 0 Å². The van der Waals surface area contributed by atoms with E-state index in [4.69, 9.17) is 16.3 Å². The van der Waals surface area contributed by atoms with Crippen LogP contribution in [-0.4, -0.2) is 19.1 Å². The van der Waals surface area contributed by atoms with E-state index < -0.39 is 0 Å². The predicted molar refractivity (Wildman–Crippen MR) is 53.1 cm³/mol. The van der Waals surface area contributed by atoms with E-state index in [1.54, 1.807) is 0 Å². The molecule has 0 aromatic heterocycles. The van der Waals surface area contributed by atoms with Crippen molar-refractivity contribution in [3.63, 3.8) is 0 Å². The van der Waals surface area contributed by atoms with Gasteiger partial charge in [0.05, 0.1) is 0 Å². The van der Waals surface area contributed by atoms with Crippen LogP contribution in [0.5, 0.6) is 0 Å². The number of nitrogens with one attached hydrogen (secondary N) is 1. The first-order chi connectivity index (χ1) is 7.16. The summed E-state index contributed by atoms with van der Waals surface area (Å²) in [6, 6.07) is 4.09. The summed E-state index contributed by atoms with van der Waals surface area (Å²) >= 11 is 5.91. The lowest BCUT2D eigenvalue weighted by Gasteiger charge is -2.24. The van der Waals surface area contributed by atoms with Gasteiger partial charge in [-0.25, -0.2) is 4.39 Å². The summed E-state index contributed by atoms with van der Waals surface area (Å²) in [5.74, 6) is -0.534. The molecule has 1 unspecified atom stereocenters. The van der Waals surface area contributed by atoms with Crippen molar-refractivity contribution in [2.45, 2.75) is 6.10 Å². The summed E-state index contributed by atoms with van der Waals surface area (Å²) in [6.45, 7) is 0.305. The van der Waals surface area contributed by atoms with Gasteiger partial charge in [0, 0.05) is 17.1 Å². The number of amides is 1. The van der Waals surface area contributed by atoms with Crippen LogP contribution in [0.2, 0.25) is 5.02 Å². The van der Waals surface area contributed by atoms with E-state index in [2.05, 4.69) is 5.32 Å². The Bertz CT molecular complexity index is 387. The van der Waals surface area contributed by atoms with Gasteiger partial charge in [0.2, 0.25) is 5.91 Å². The van der Waals surface area contributed by atoms with Crippen molar-refractivity contribution in [1.82, 2.24) is 5.32 Å². The van der Waals surface area contributed by atoms with Crippen molar-refractivity contribution >= 4 is 17.5 Å². The highest BCUT2D eigenvalue weighted by Crippen LogP contribution is 2.27. The van der Waals surface area contributed by atoms with Crippen LogP contribution in [0.25, 0.3) is 0 Å². The molecule has 0 saturated carbocycles. The zero-order valence-corrected chi connectivity index (χ0v) is 8.55. The quantitative estimate of drug-likeness (QED) is 0.796. The Morgan fingerprint density at radius 2 is 2.33 bits per heavy atom. The number of ether oxygens (including phenoxy) is 1. The molecule has 0 aliphatic carbocycles. The molecule has 1 aromatic carbocycles. The molecule has 0 spiro atoms. The van der Waals surface area contributed by atoms with Crippen molar-refractivity contribution in [2.24, 2.45) is 0 Å². The van der Waals surface area contributed by atoms with Crippen molar-refractivity contribution in [1.29, 1.82) is 0 Å². The van der Waals surface area contributed by atoms with Gasteiger partial charge < -0.3 is 10.1 Å². The second kappa shape index (κ2) is 4.16. The molecule has 1 fully saturated rings. The van der Waals surface area contributed by atoms with Gasteiger partial charge in [0.15, 0.2) is 0 Å². The maximum atomic E-state index is 13.0. The van der Waals surface area contributed by atoms with Gasteiger partial charge in [-0.2, -0.15) is 0 Å². The lowest BCUT2D eigenvalue weighted by atomic mass is 10.1. The fourth-order valence-electron chi connectivity index (χ4n) is 1.45. The number of halogens is 2. The molecule has 1 aromatic rings. The molecule has 1 amide bonds. The largest absolute Gasteiger partial charge is 0.362 e. The van der Waals surface area contributed by atoms with E-state index in [0.717, 1.165) is 0 Å². The van der Waals surface area contributed by atoms with Crippen LogP contribution in [0.3, 0.4) is 0 Å². The molecule has 0 bridgehead atoms. The first-order valence-electron chi connectivity index (χ1n) is 4.50. The molecule has 1 N–H and O–H groups in total. The predicted octanol–water partition coefficient (Wildman–Crippen LogP) is 1.67. The molecule has 1 aliphatic heterocycles. The third-order valence-electron chi connectivity index (χ3n) is 2.21. The highest BCUT2D eigenvalue weighted by atomic mass is 35.5. The third-order valence-corrected chi connectivity index (χ3v) is 2.55. The van der Waals surface area contributed by atoms with E-state index in [0.29, 0.717) is 17.1 Å². The SMILES string of the molecule is O=C1COC(c2cc(F)ccc2Cl)CN1. The maximum Gasteiger partial charge on any atom is 0.246 e. The number of rotatable bonds is 1. The minimum Gasteiger partial charge on any atom is -0.362 e. The van der Waals surface area contributed by atoms with Crippen molar-refractivity contribution in [2.75, 3.05) is 13.2 Å². The maximum absolute atomic E-state index is 13.0. The van der Waals surface area contributed by atoms with Gasteiger partial charge in [-0.3, -0.25) is 4.79 Å². The summed E-state index contributed by atoms with van der Waals surface area (Å²) in [5, 5.41) is 3.07. The fourth-order valence-corrected chi connectivity index (χ4v) is 1.69. The molecule has 1 saturated heterocycles. The van der Waals surface area contributed by atoms with Crippen LogP contribution < -0.4 is 5.32 Å². The Morgan fingerprint density at radius 1 is 1.53 bits per heavy atom. The Labute approximate surface area is 91.2 Å². The number of benzene rings is 1. The second-order valence-electron chi connectivity index (χ2n) is 3.27. The first kappa shape index (κ1) is 10.4. The first-order valence-corrected chi connectivity index (χ1v) is 4.88. The van der Waals surface area contributed by atoms with Crippen LogP contribution in [0.15, 0.2) is 18.2 Å². The molecule has 80 valence electrons. The number of hydrogen-bond donors (Lipinski definition) is 1. The average Bonchev–Trinajstić information content (AvgIpc) is 2.23. The fraction of sp³-hybridized carbons (Fsp3) is 0.300. The molecule has 0 radical (unpaired) electrons. The summed E-state index contributed by atoms with van der Waals surface area (Å²) in [6.07, 6.45) is -0.370. The van der Waals surface area contributed by atoms with Gasteiger partial charge in [-0.15, -0.1) is 0 Å². The van der Waals surface area contributed by atoms with Crippen LogP contribution in [0, 0.1) is 5.82 Å². The Morgan fingerprint density at radius 3 is 3.00 bits per heavy atom. The summed E-state index contributed by atoms with van der Waals surface area (Å²) in [7, 11) is 0. The van der Waals surface area contributed by atoms with Gasteiger partial charge >= 0.3 is 0 Å². The summed E-state index contributed by atoms with van der Waals surface area (Å²) in [5.41, 5.74) is 0.566. The van der Waals surface area contributed by atoms with Crippen molar-refractivity contribution in [3.05, 3.63) is 34.6 Å². The average molecular weight is 230 g/mol. The zero-order valence-electron chi connectivity index (χ0n) is 7.80. The molecular weight excluding hydrogens is 221 g/mol. The van der Waals surface area contributed by atoms with E-state index in [1.165, 1.54) is 18.2 Å². The van der Waals surface area contributed by atoms with Gasteiger partial charge in [-0.1, -0.05) is 11.6 Å². The molecule has 5 heteroatoms. The lowest BCUT2D eigenvalue weighted by Crippen LogP contribution is -2.38. The van der Waals surface area contributed by atoms with Crippen LogP contribution >= 0.6 is 11.6 Å². The minimum atomic E-state index is -0.370. The molecule has 1 heterocycles. The second-order valence-corrected chi connectivity index (χ2v) is 3.68. The zero-order chi connectivity index (χ0) is 10.8. The van der Waals surface area contributed by atoms with Gasteiger partial charge in [0.25, 0.3) is 0 Å². The Kier molecular flexibility index (Phi) is 2.88. The topological polar surface area (TPSA) is 38.3 Å².